The number of benzene rings is 1. The Bertz CT molecular complexity index is 337. The molecule has 3 nitrogen and oxygen atoms in total. The van der Waals surface area contributed by atoms with Crippen LogP contribution in [0.25, 0.3) is 0 Å². The Morgan fingerprint density at radius 2 is 1.88 bits per heavy atom. The average molecular weight is 255 g/mol. The molecule has 1 aromatic carbocycles. The second-order valence-corrected chi connectivity index (χ2v) is 4.23. The van der Waals surface area contributed by atoms with Gasteiger partial charge >= 0.3 is 0 Å². The highest BCUT2D eigenvalue weighted by Gasteiger charge is 2.20. The highest BCUT2D eigenvalue weighted by atomic mass is 35.5. The monoisotopic (exact) mass is 254 g/mol. The van der Waals surface area contributed by atoms with Crippen LogP contribution in [-0.4, -0.2) is 19.0 Å². The molecule has 0 saturated carbocycles. The molecule has 2 rings (SSSR count). The van der Waals surface area contributed by atoms with Crippen molar-refractivity contribution in [1.29, 1.82) is 0 Å². The largest absolute Gasteiger partial charge is 0.352 e. The van der Waals surface area contributed by atoms with E-state index in [9.17, 15) is 4.79 Å². The van der Waals surface area contributed by atoms with Crippen LogP contribution < -0.4 is 10.6 Å². The Kier molecular flexibility index (Phi) is 6.01. The Hall–Kier alpha value is -1.06. The zero-order valence-corrected chi connectivity index (χ0v) is 10.6. The van der Waals surface area contributed by atoms with Crippen molar-refractivity contribution in [2.75, 3.05) is 13.1 Å². The predicted molar refractivity (Wildman–Crippen MR) is 71.1 cm³/mol. The van der Waals surface area contributed by atoms with E-state index in [-0.39, 0.29) is 24.2 Å². The zero-order chi connectivity index (χ0) is 11.2. The number of rotatable bonds is 3. The van der Waals surface area contributed by atoms with Gasteiger partial charge in [-0.2, -0.15) is 0 Å². The molecule has 0 aliphatic carbocycles. The lowest BCUT2D eigenvalue weighted by atomic mass is 9.97. The van der Waals surface area contributed by atoms with E-state index in [2.05, 4.69) is 10.6 Å². The van der Waals surface area contributed by atoms with Gasteiger partial charge in [-0.3, -0.25) is 4.79 Å². The Morgan fingerprint density at radius 3 is 2.53 bits per heavy atom. The number of halogens is 1. The summed E-state index contributed by atoms with van der Waals surface area (Å²) in [6.07, 6.45) is 1.92. The molecule has 1 aromatic rings. The molecule has 1 aliphatic rings. The van der Waals surface area contributed by atoms with E-state index in [1.165, 1.54) is 0 Å². The highest BCUT2D eigenvalue weighted by Crippen LogP contribution is 2.11. The van der Waals surface area contributed by atoms with Crippen LogP contribution in [-0.2, 0) is 11.3 Å². The molecule has 0 aromatic heterocycles. The molecule has 94 valence electrons. The third-order valence-electron chi connectivity index (χ3n) is 3.02. The van der Waals surface area contributed by atoms with Crippen molar-refractivity contribution < 1.29 is 4.79 Å². The summed E-state index contributed by atoms with van der Waals surface area (Å²) in [5.74, 6) is 0.398. The molecule has 1 fully saturated rings. The molecule has 0 spiro atoms. The maximum Gasteiger partial charge on any atom is 0.223 e. The topological polar surface area (TPSA) is 41.1 Å². The standard InChI is InChI=1S/C13H18N2O.ClH/c16-13(12-6-8-14-9-7-12)15-10-11-4-2-1-3-5-11;/h1-5,12,14H,6-10H2,(H,15,16);1H. The molecule has 2 N–H and O–H groups in total. The average Bonchev–Trinajstić information content (AvgIpc) is 2.38. The quantitative estimate of drug-likeness (QED) is 0.863. The summed E-state index contributed by atoms with van der Waals surface area (Å²) < 4.78 is 0. The molecular formula is C13H19ClN2O. The van der Waals surface area contributed by atoms with Crippen molar-refractivity contribution in [3.05, 3.63) is 35.9 Å². The zero-order valence-electron chi connectivity index (χ0n) is 9.82. The summed E-state index contributed by atoms with van der Waals surface area (Å²) in [5, 5.41) is 6.27. The van der Waals surface area contributed by atoms with Crippen molar-refractivity contribution in [2.24, 2.45) is 5.92 Å². The van der Waals surface area contributed by atoms with Crippen LogP contribution in [0.1, 0.15) is 18.4 Å². The van der Waals surface area contributed by atoms with E-state index in [4.69, 9.17) is 0 Å². The van der Waals surface area contributed by atoms with Crippen LogP contribution >= 0.6 is 12.4 Å². The van der Waals surface area contributed by atoms with Gasteiger partial charge in [-0.25, -0.2) is 0 Å². The van der Waals surface area contributed by atoms with Crippen LogP contribution in [0.2, 0.25) is 0 Å². The Morgan fingerprint density at radius 1 is 1.24 bits per heavy atom. The second kappa shape index (κ2) is 7.30. The number of nitrogens with one attached hydrogen (secondary N) is 2. The molecule has 4 heteroatoms. The maximum absolute atomic E-state index is 11.8. The van der Waals surface area contributed by atoms with Gasteiger partial charge in [0, 0.05) is 12.5 Å². The van der Waals surface area contributed by atoms with Crippen molar-refractivity contribution in [3.63, 3.8) is 0 Å². The smallest absolute Gasteiger partial charge is 0.223 e. The Balaban J connectivity index is 0.00000144. The molecule has 0 unspecified atom stereocenters. The fourth-order valence-corrected chi connectivity index (χ4v) is 2.01. The first-order valence-electron chi connectivity index (χ1n) is 5.88. The number of piperidine rings is 1. The van der Waals surface area contributed by atoms with E-state index in [0.29, 0.717) is 6.54 Å². The minimum Gasteiger partial charge on any atom is -0.352 e. The molecule has 17 heavy (non-hydrogen) atoms. The van der Waals surface area contributed by atoms with Crippen LogP contribution in [0.4, 0.5) is 0 Å². The summed E-state index contributed by atoms with van der Waals surface area (Å²) >= 11 is 0. The summed E-state index contributed by atoms with van der Waals surface area (Å²) in [4.78, 5) is 11.8. The lowest BCUT2D eigenvalue weighted by Gasteiger charge is -2.21. The summed E-state index contributed by atoms with van der Waals surface area (Å²) in [7, 11) is 0. The van der Waals surface area contributed by atoms with Crippen molar-refractivity contribution in [1.82, 2.24) is 10.6 Å². The first-order chi connectivity index (χ1) is 7.86. The van der Waals surface area contributed by atoms with Crippen LogP contribution in [0.3, 0.4) is 0 Å². The van der Waals surface area contributed by atoms with E-state index in [1.807, 2.05) is 30.3 Å². The van der Waals surface area contributed by atoms with Crippen LogP contribution in [0.5, 0.6) is 0 Å². The van der Waals surface area contributed by atoms with E-state index in [1.54, 1.807) is 0 Å². The van der Waals surface area contributed by atoms with Crippen molar-refractivity contribution >= 4 is 18.3 Å². The second-order valence-electron chi connectivity index (χ2n) is 4.23. The van der Waals surface area contributed by atoms with Crippen molar-refractivity contribution in [3.8, 4) is 0 Å². The lowest BCUT2D eigenvalue weighted by Crippen LogP contribution is -2.37. The minimum absolute atomic E-state index is 0. The number of carbonyl (C=O) groups excluding carboxylic acids is 1. The molecule has 1 amide bonds. The molecule has 1 aliphatic heterocycles. The highest BCUT2D eigenvalue weighted by molar-refractivity contribution is 5.85. The first-order valence-corrected chi connectivity index (χ1v) is 5.88. The number of carbonyl (C=O) groups is 1. The maximum atomic E-state index is 11.8. The first kappa shape index (κ1) is 14.0. The number of hydrogen-bond acceptors (Lipinski definition) is 2. The number of hydrogen-bond donors (Lipinski definition) is 2. The summed E-state index contributed by atoms with van der Waals surface area (Å²) in [6, 6.07) is 10.0. The van der Waals surface area contributed by atoms with Gasteiger partial charge in [0.2, 0.25) is 5.91 Å². The van der Waals surface area contributed by atoms with Gasteiger partial charge < -0.3 is 10.6 Å². The summed E-state index contributed by atoms with van der Waals surface area (Å²) in [5.41, 5.74) is 1.16. The molecule has 0 atom stereocenters. The lowest BCUT2D eigenvalue weighted by molar-refractivity contribution is -0.125. The van der Waals surface area contributed by atoms with Gasteiger partial charge in [0.25, 0.3) is 0 Å². The molecule has 0 bridgehead atoms. The van der Waals surface area contributed by atoms with E-state index >= 15 is 0 Å². The van der Waals surface area contributed by atoms with Gasteiger partial charge in [-0.1, -0.05) is 30.3 Å². The van der Waals surface area contributed by atoms with E-state index < -0.39 is 0 Å². The van der Waals surface area contributed by atoms with Gasteiger partial charge in [-0.15, -0.1) is 12.4 Å². The molecule has 1 saturated heterocycles. The fraction of sp³-hybridized carbons (Fsp3) is 0.462. The SMILES string of the molecule is Cl.O=C(NCc1ccccc1)C1CCNCC1. The normalized spacial score (nSPS) is 16.0. The van der Waals surface area contributed by atoms with Gasteiger partial charge in [0.15, 0.2) is 0 Å². The van der Waals surface area contributed by atoms with Gasteiger partial charge in [0.1, 0.15) is 0 Å². The van der Waals surface area contributed by atoms with Gasteiger partial charge in [0.05, 0.1) is 0 Å². The number of amides is 1. The van der Waals surface area contributed by atoms with Gasteiger partial charge in [-0.05, 0) is 31.5 Å². The van der Waals surface area contributed by atoms with E-state index in [0.717, 1.165) is 31.5 Å². The van der Waals surface area contributed by atoms with Crippen molar-refractivity contribution in [2.45, 2.75) is 19.4 Å². The minimum atomic E-state index is 0. The third-order valence-corrected chi connectivity index (χ3v) is 3.02. The molecular weight excluding hydrogens is 236 g/mol. The predicted octanol–water partition coefficient (Wildman–Crippen LogP) is 1.72. The summed E-state index contributed by atoms with van der Waals surface area (Å²) in [6.45, 7) is 2.57. The fourth-order valence-electron chi connectivity index (χ4n) is 2.01. The molecule has 0 radical (unpaired) electrons. The molecule has 1 heterocycles. The third kappa shape index (κ3) is 4.36. The van der Waals surface area contributed by atoms with Crippen LogP contribution in [0.15, 0.2) is 30.3 Å². The Labute approximate surface area is 108 Å². The van der Waals surface area contributed by atoms with Crippen LogP contribution in [0, 0.1) is 5.92 Å².